The van der Waals surface area contributed by atoms with Gasteiger partial charge in [-0.25, -0.2) is 4.98 Å². The number of fused-ring (bicyclic) bond motifs is 1. The van der Waals surface area contributed by atoms with Crippen molar-refractivity contribution in [1.29, 1.82) is 0 Å². The second kappa shape index (κ2) is 13.9. The van der Waals surface area contributed by atoms with Crippen LogP contribution in [0.1, 0.15) is 50.8 Å². The first-order valence-electron chi connectivity index (χ1n) is 12.2. The molecule has 3 aromatic rings. The van der Waals surface area contributed by atoms with Crippen molar-refractivity contribution in [1.82, 2.24) is 14.1 Å². The molecule has 0 saturated carbocycles. The summed E-state index contributed by atoms with van der Waals surface area (Å²) in [5, 5.41) is 0. The highest BCUT2D eigenvalue weighted by Gasteiger charge is 2.21. The van der Waals surface area contributed by atoms with Crippen LogP contribution < -0.4 is 11.3 Å². The van der Waals surface area contributed by atoms with Crippen LogP contribution in [0.2, 0.25) is 0 Å². The molecule has 0 aliphatic carbocycles. The molecule has 9 nitrogen and oxygen atoms in total. The molecule has 0 amide bonds. The molecule has 0 atom stereocenters. The lowest BCUT2D eigenvalue weighted by molar-refractivity contribution is -0.147. The maximum atomic E-state index is 12.1. The molecule has 36 heavy (non-hydrogen) atoms. The van der Waals surface area contributed by atoms with Gasteiger partial charge in [0.05, 0.1) is 36.4 Å². The first-order valence-corrected chi connectivity index (χ1v) is 12.2. The number of carbonyl (C=O) groups is 1. The number of pyridine rings is 1. The quantitative estimate of drug-likeness (QED) is 0.422. The van der Waals surface area contributed by atoms with Crippen LogP contribution in [0, 0.1) is 6.92 Å². The Morgan fingerprint density at radius 2 is 1.81 bits per heavy atom. The van der Waals surface area contributed by atoms with E-state index in [-0.39, 0.29) is 23.7 Å². The van der Waals surface area contributed by atoms with E-state index in [4.69, 9.17) is 24.9 Å². The fourth-order valence-electron chi connectivity index (χ4n) is 3.95. The summed E-state index contributed by atoms with van der Waals surface area (Å²) in [5.74, 6) is 0.685. The van der Waals surface area contributed by atoms with Crippen molar-refractivity contribution in [3.05, 3.63) is 51.9 Å². The Balaban J connectivity index is 0.000000434. The van der Waals surface area contributed by atoms with Gasteiger partial charge in [0.25, 0.3) is 5.56 Å². The molecule has 0 aliphatic rings. The molecule has 198 valence electrons. The number of benzene rings is 1. The van der Waals surface area contributed by atoms with E-state index in [0.717, 1.165) is 34.4 Å². The monoisotopic (exact) mass is 500 g/mol. The molecule has 0 unspecified atom stereocenters. The predicted molar refractivity (Wildman–Crippen MR) is 142 cm³/mol. The summed E-state index contributed by atoms with van der Waals surface area (Å²) in [5.41, 5.74) is 10.2. The normalized spacial score (nSPS) is 11.2. The van der Waals surface area contributed by atoms with E-state index in [1.165, 1.54) is 0 Å². The lowest BCUT2D eigenvalue weighted by Gasteiger charge is -2.21. The van der Waals surface area contributed by atoms with E-state index >= 15 is 0 Å². The number of imidazole rings is 1. The van der Waals surface area contributed by atoms with Crippen molar-refractivity contribution in [3.63, 3.8) is 0 Å². The van der Waals surface area contributed by atoms with E-state index in [1.807, 2.05) is 58.2 Å². The maximum absolute atomic E-state index is 12.1. The molecule has 2 N–H and O–H groups in total. The Hall–Kier alpha value is -3.01. The summed E-state index contributed by atoms with van der Waals surface area (Å²) in [4.78, 5) is 27.6. The smallest absolute Gasteiger partial charge is 0.306 e. The van der Waals surface area contributed by atoms with Crippen LogP contribution in [0.15, 0.2) is 35.3 Å². The minimum atomic E-state index is -0.0903. The molecule has 1 aromatic carbocycles. The Morgan fingerprint density at radius 1 is 1.14 bits per heavy atom. The van der Waals surface area contributed by atoms with Gasteiger partial charge in [0.2, 0.25) is 0 Å². The molecule has 0 saturated heterocycles. The molecule has 0 bridgehead atoms. The van der Waals surface area contributed by atoms with Crippen molar-refractivity contribution in [3.8, 4) is 11.4 Å². The Labute approximate surface area is 213 Å². The molecule has 0 radical (unpaired) electrons. The van der Waals surface area contributed by atoms with Crippen molar-refractivity contribution in [2.75, 3.05) is 27.4 Å². The number of nitrogens with two attached hydrogens (primary N) is 1. The van der Waals surface area contributed by atoms with Crippen molar-refractivity contribution >= 4 is 17.0 Å². The fourth-order valence-corrected chi connectivity index (χ4v) is 3.95. The molecule has 2 aromatic heterocycles. The van der Waals surface area contributed by atoms with Gasteiger partial charge >= 0.3 is 5.97 Å². The topological polar surface area (TPSA) is 111 Å². The zero-order valence-corrected chi connectivity index (χ0v) is 22.5. The zero-order chi connectivity index (χ0) is 26.8. The molecular weight excluding hydrogens is 460 g/mol. The van der Waals surface area contributed by atoms with Gasteiger partial charge in [-0.15, -0.1) is 0 Å². The second-order valence-electron chi connectivity index (χ2n) is 9.01. The maximum Gasteiger partial charge on any atom is 0.306 e. The first-order chi connectivity index (χ1) is 17.2. The van der Waals surface area contributed by atoms with Gasteiger partial charge in [-0.2, -0.15) is 0 Å². The number of esters is 1. The van der Waals surface area contributed by atoms with E-state index in [2.05, 4.69) is 4.57 Å². The second-order valence-corrected chi connectivity index (χ2v) is 9.01. The van der Waals surface area contributed by atoms with Crippen molar-refractivity contribution in [2.45, 2.75) is 59.2 Å². The minimum Gasteiger partial charge on any atom is -0.463 e. The van der Waals surface area contributed by atoms with E-state index < -0.39 is 0 Å². The summed E-state index contributed by atoms with van der Waals surface area (Å²) >= 11 is 0. The number of methoxy groups -OCH3 is 2. The molecule has 0 fully saturated rings. The van der Waals surface area contributed by atoms with Crippen molar-refractivity contribution < 1.29 is 19.0 Å². The number of hydrogen-bond acceptors (Lipinski definition) is 7. The lowest BCUT2D eigenvalue weighted by Crippen LogP contribution is -2.22. The van der Waals surface area contributed by atoms with Gasteiger partial charge in [0.1, 0.15) is 5.82 Å². The van der Waals surface area contributed by atoms with Crippen LogP contribution in [0.25, 0.3) is 22.4 Å². The lowest BCUT2D eigenvalue weighted by atomic mass is 10.1. The number of aryl methyl sites for hydroxylation is 2. The molecule has 9 heteroatoms. The first kappa shape index (κ1) is 29.2. The highest BCUT2D eigenvalue weighted by atomic mass is 16.5. The van der Waals surface area contributed by atoms with Gasteiger partial charge in [-0.3, -0.25) is 9.59 Å². The minimum absolute atomic E-state index is 0.0165. The number of carbonyl (C=O) groups excluding carboxylic acids is 1. The van der Waals surface area contributed by atoms with Crippen LogP contribution in [0.5, 0.6) is 0 Å². The Morgan fingerprint density at radius 3 is 2.33 bits per heavy atom. The summed E-state index contributed by atoms with van der Waals surface area (Å²) in [6, 6.07) is 7.86. The third-order valence-electron chi connectivity index (χ3n) is 5.51. The summed E-state index contributed by atoms with van der Waals surface area (Å²) in [7, 11) is 5.09. The SMILES string of the molecule is CCCC(=O)OC(C)C.COCC(COC)n1c(-c2cc(C)c(=O)n(C)c2)nc2cc(CN)ccc21. The number of nitrogens with zero attached hydrogens (tertiary/aromatic N) is 3. The van der Waals surface area contributed by atoms with Gasteiger partial charge in [-0.05, 0) is 51.0 Å². The standard InChI is InChI=1S/C20H26N4O3.C7H14O2/c1-13-7-15(10-23(2)20(13)25)19-22-17-8-14(9-21)5-6-18(17)24(19)16(11-26-3)12-27-4;1-4-5-7(8)9-6(2)3/h5-8,10,16H,9,11-12,21H2,1-4H3;6H,4-5H2,1-3H3. The van der Waals surface area contributed by atoms with Crippen LogP contribution in [-0.2, 0) is 32.6 Å². The highest BCUT2D eigenvalue weighted by molar-refractivity contribution is 5.81. The van der Waals surface area contributed by atoms with Crippen LogP contribution in [0.3, 0.4) is 0 Å². The zero-order valence-electron chi connectivity index (χ0n) is 22.5. The van der Waals surface area contributed by atoms with E-state index in [1.54, 1.807) is 25.8 Å². The van der Waals surface area contributed by atoms with Gasteiger partial charge in [-0.1, -0.05) is 13.0 Å². The van der Waals surface area contributed by atoms with Crippen molar-refractivity contribution in [2.24, 2.45) is 12.8 Å². The molecule has 0 spiro atoms. The van der Waals surface area contributed by atoms with Gasteiger partial charge in [0.15, 0.2) is 0 Å². The molecule has 0 aliphatic heterocycles. The highest BCUT2D eigenvalue weighted by Crippen LogP contribution is 2.29. The number of hydrogen-bond donors (Lipinski definition) is 1. The largest absolute Gasteiger partial charge is 0.463 e. The van der Waals surface area contributed by atoms with E-state index in [9.17, 15) is 9.59 Å². The van der Waals surface area contributed by atoms with Gasteiger partial charge < -0.3 is 29.1 Å². The summed E-state index contributed by atoms with van der Waals surface area (Å²) < 4.78 is 19.4. The van der Waals surface area contributed by atoms with Crippen LogP contribution in [-0.4, -0.2) is 53.6 Å². The Kier molecular flexibility index (Phi) is 11.3. The number of ether oxygens (including phenoxy) is 3. The molecule has 3 rings (SSSR count). The average Bonchev–Trinajstić information content (AvgIpc) is 3.20. The summed E-state index contributed by atoms with van der Waals surface area (Å²) in [6.07, 6.45) is 3.25. The van der Waals surface area contributed by atoms with E-state index in [0.29, 0.717) is 31.7 Å². The third kappa shape index (κ3) is 7.49. The fraction of sp³-hybridized carbons (Fsp3) is 0.519. The third-order valence-corrected chi connectivity index (χ3v) is 5.51. The predicted octanol–water partition coefficient (Wildman–Crippen LogP) is 3.74. The molecular formula is C27H40N4O5. The number of aromatic nitrogens is 3. The van der Waals surface area contributed by atoms with Crippen LogP contribution >= 0.6 is 0 Å². The van der Waals surface area contributed by atoms with Crippen LogP contribution in [0.4, 0.5) is 0 Å². The van der Waals surface area contributed by atoms with Gasteiger partial charge in [0, 0.05) is 51.6 Å². The average molecular weight is 501 g/mol. The number of rotatable bonds is 10. The molecule has 2 heterocycles. The Bertz CT molecular complexity index is 1170. The summed E-state index contributed by atoms with van der Waals surface area (Å²) in [6.45, 7) is 8.90.